The Labute approximate surface area is 289 Å². The number of anilines is 4. The third kappa shape index (κ3) is 9.25. The number of amides is 3. The van der Waals surface area contributed by atoms with Gasteiger partial charge in [-0.15, -0.1) is 5.10 Å². The predicted molar refractivity (Wildman–Crippen MR) is 178 cm³/mol. The molecule has 0 radical (unpaired) electrons. The summed E-state index contributed by atoms with van der Waals surface area (Å²) < 4.78 is 67.2. The zero-order valence-electron chi connectivity index (χ0n) is 28.3. The number of nitrogens with one attached hydrogen (secondary N) is 2. The molecule has 2 aromatic heterocycles. The maximum atomic E-state index is 15.5. The predicted octanol–water partition coefficient (Wildman–Crippen LogP) is 9.27. The van der Waals surface area contributed by atoms with Gasteiger partial charge in [0.05, 0.1) is 22.5 Å². The maximum Gasteiger partial charge on any atom is 0.435 e. The molecule has 0 aliphatic rings. The van der Waals surface area contributed by atoms with Gasteiger partial charge in [-0.1, -0.05) is 17.7 Å². The third-order valence-corrected chi connectivity index (χ3v) is 6.78. The number of carbonyl (C=O) groups is 3. The van der Waals surface area contributed by atoms with Crippen LogP contribution in [-0.2, 0) is 15.7 Å². The highest BCUT2D eigenvalue weighted by atomic mass is 35.5. The molecule has 0 aliphatic heterocycles. The Morgan fingerprint density at radius 3 is 2.08 bits per heavy atom. The Morgan fingerprint density at radius 1 is 0.880 bits per heavy atom. The quantitative estimate of drug-likeness (QED) is 0.195. The van der Waals surface area contributed by atoms with E-state index in [0.29, 0.717) is 17.2 Å². The average Bonchev–Trinajstić information content (AvgIpc) is 3.34. The van der Waals surface area contributed by atoms with Crippen LogP contribution in [0.1, 0.15) is 58.4 Å². The monoisotopic (exact) mass is 719 g/mol. The van der Waals surface area contributed by atoms with Crippen molar-refractivity contribution >= 4 is 52.8 Å². The molecule has 4 aromatic rings. The summed E-state index contributed by atoms with van der Waals surface area (Å²) in [5, 5.41) is 8.52. The van der Waals surface area contributed by atoms with Crippen molar-refractivity contribution in [3.8, 4) is 11.4 Å². The Morgan fingerprint density at radius 2 is 1.48 bits per heavy atom. The van der Waals surface area contributed by atoms with E-state index in [1.807, 2.05) is 0 Å². The fourth-order valence-electron chi connectivity index (χ4n) is 4.35. The summed E-state index contributed by atoms with van der Waals surface area (Å²) in [5.41, 5.74) is -1.85. The number of halogens is 5. The van der Waals surface area contributed by atoms with Crippen LogP contribution in [-0.4, -0.2) is 49.2 Å². The molecule has 12 nitrogen and oxygen atoms in total. The molecular weight excluding hydrogens is 686 g/mol. The van der Waals surface area contributed by atoms with E-state index in [0.717, 1.165) is 21.8 Å². The van der Waals surface area contributed by atoms with Crippen LogP contribution in [0.2, 0.25) is 5.02 Å². The molecule has 3 amide bonds. The Hall–Kier alpha value is -5.25. The minimum Gasteiger partial charge on any atom is -0.443 e. The molecule has 17 heteroatoms. The lowest BCUT2D eigenvalue weighted by atomic mass is 10.1. The zero-order valence-corrected chi connectivity index (χ0v) is 29.0. The summed E-state index contributed by atoms with van der Waals surface area (Å²) in [6.45, 7) is 13.1. The van der Waals surface area contributed by atoms with E-state index in [4.69, 9.17) is 21.1 Å². The number of carbonyl (C=O) groups excluding carboxylic acids is 3. The van der Waals surface area contributed by atoms with Gasteiger partial charge in [-0.25, -0.2) is 33.6 Å². The van der Waals surface area contributed by atoms with Gasteiger partial charge in [-0.2, -0.15) is 17.9 Å². The van der Waals surface area contributed by atoms with Crippen LogP contribution in [0.3, 0.4) is 0 Å². The van der Waals surface area contributed by atoms with Crippen molar-refractivity contribution in [2.75, 3.05) is 15.5 Å². The van der Waals surface area contributed by atoms with E-state index < -0.39 is 57.8 Å². The first-order valence-electron chi connectivity index (χ1n) is 14.9. The minimum absolute atomic E-state index is 0.0765. The first-order chi connectivity index (χ1) is 23.0. The fourth-order valence-corrected chi connectivity index (χ4v) is 4.58. The average molecular weight is 720 g/mol. The van der Waals surface area contributed by atoms with Crippen molar-refractivity contribution in [3.05, 3.63) is 76.3 Å². The molecule has 2 aromatic carbocycles. The second-order valence-electron chi connectivity index (χ2n) is 13.0. The molecule has 0 unspecified atom stereocenters. The number of hydrogen-bond acceptors (Lipinski definition) is 8. The highest BCUT2D eigenvalue weighted by molar-refractivity contribution is 6.31. The fraction of sp³-hybridized carbons (Fsp3) is 0.333. The van der Waals surface area contributed by atoms with Gasteiger partial charge in [-0.3, -0.25) is 0 Å². The smallest absolute Gasteiger partial charge is 0.435 e. The maximum absolute atomic E-state index is 15.5. The topological polar surface area (TPSA) is 141 Å². The number of aryl methyl sites for hydroxylation is 2. The van der Waals surface area contributed by atoms with Crippen molar-refractivity contribution < 1.29 is 41.4 Å². The molecule has 4 rings (SSSR count). The Balaban J connectivity index is 1.70. The molecule has 2 N–H and O–H groups in total. The molecule has 0 saturated heterocycles. The van der Waals surface area contributed by atoms with Gasteiger partial charge in [0.15, 0.2) is 23.3 Å². The van der Waals surface area contributed by atoms with Crippen LogP contribution in [0.4, 0.5) is 55.0 Å². The van der Waals surface area contributed by atoms with Gasteiger partial charge in [0.1, 0.15) is 11.2 Å². The molecule has 0 saturated carbocycles. The van der Waals surface area contributed by atoms with E-state index in [1.165, 1.54) is 31.2 Å². The van der Waals surface area contributed by atoms with Gasteiger partial charge in [-0.05, 0) is 91.3 Å². The summed E-state index contributed by atoms with van der Waals surface area (Å²) in [6, 6.07) is 7.96. The third-order valence-electron chi connectivity index (χ3n) is 6.45. The van der Waals surface area contributed by atoms with Crippen LogP contribution in [0.25, 0.3) is 11.4 Å². The van der Waals surface area contributed by atoms with Gasteiger partial charge in [0.2, 0.25) is 0 Å². The van der Waals surface area contributed by atoms with Crippen LogP contribution in [0, 0.1) is 19.7 Å². The molecule has 266 valence electrons. The van der Waals surface area contributed by atoms with E-state index in [2.05, 4.69) is 25.7 Å². The van der Waals surface area contributed by atoms with Crippen LogP contribution in [0.15, 0.2) is 48.7 Å². The number of nitrogens with zero attached hydrogens (tertiary/aromatic N) is 5. The molecule has 0 aliphatic carbocycles. The highest BCUT2D eigenvalue weighted by Crippen LogP contribution is 2.36. The van der Waals surface area contributed by atoms with Crippen molar-refractivity contribution in [1.82, 2.24) is 19.7 Å². The van der Waals surface area contributed by atoms with Crippen LogP contribution in [0.5, 0.6) is 0 Å². The van der Waals surface area contributed by atoms with Gasteiger partial charge in [0.25, 0.3) is 0 Å². The lowest BCUT2D eigenvalue weighted by Crippen LogP contribution is -2.35. The molecule has 0 bridgehead atoms. The molecular formula is C33H34ClF4N7O5. The number of urea groups is 1. The highest BCUT2D eigenvalue weighted by Gasteiger charge is 2.34. The van der Waals surface area contributed by atoms with E-state index in [-0.39, 0.29) is 28.7 Å². The summed E-state index contributed by atoms with van der Waals surface area (Å²) in [5.74, 6) is -1.87. The summed E-state index contributed by atoms with van der Waals surface area (Å²) in [4.78, 5) is 48.3. The number of alkyl halides is 3. The van der Waals surface area contributed by atoms with Crippen molar-refractivity contribution in [3.63, 3.8) is 0 Å². The lowest BCUT2D eigenvalue weighted by molar-refractivity contribution is -0.137. The number of aromatic nitrogens is 4. The normalized spacial score (nSPS) is 11.9. The molecule has 0 fully saturated rings. The van der Waals surface area contributed by atoms with Gasteiger partial charge >= 0.3 is 24.4 Å². The largest absolute Gasteiger partial charge is 0.443 e. The standard InChI is InChI=1S/C33H34ClF4N7O5/c1-17-9-10-19(40-28(46)41-20-11-12-23(34)22(15-20)33(36,37)38)14-21(17)26-39-16-24(35)27(42-26)44(29(47)49-31(3,4)5)25-13-18(2)45(43-25)30(48)50-32(6,7)8/h9-16H,1-8H3,(H2,40,41,46). The number of hydrogen-bond donors (Lipinski definition) is 2. The van der Waals surface area contributed by atoms with Crippen LogP contribution >= 0.6 is 11.6 Å². The second kappa shape index (κ2) is 13.9. The van der Waals surface area contributed by atoms with Gasteiger partial charge in [0, 0.05) is 23.0 Å². The van der Waals surface area contributed by atoms with Gasteiger partial charge < -0.3 is 20.1 Å². The molecule has 0 spiro atoms. The summed E-state index contributed by atoms with van der Waals surface area (Å²) in [7, 11) is 0. The number of rotatable bonds is 5. The van der Waals surface area contributed by atoms with Crippen molar-refractivity contribution in [2.45, 2.75) is 72.8 Å². The Bertz CT molecular complexity index is 1950. The summed E-state index contributed by atoms with van der Waals surface area (Å²) in [6.07, 6.45) is -5.80. The summed E-state index contributed by atoms with van der Waals surface area (Å²) >= 11 is 5.66. The SMILES string of the molecule is Cc1ccc(NC(=O)Nc2ccc(Cl)c(C(F)(F)F)c2)cc1-c1ncc(F)c(N(C(=O)OC(C)(C)C)c2cc(C)n(C(=O)OC(C)(C)C)n2)n1. The first-order valence-corrected chi connectivity index (χ1v) is 15.3. The number of ether oxygens (including phenoxy) is 2. The second-order valence-corrected chi connectivity index (χ2v) is 13.4. The molecule has 2 heterocycles. The molecule has 50 heavy (non-hydrogen) atoms. The lowest BCUT2D eigenvalue weighted by Gasteiger charge is -2.25. The Kier molecular flexibility index (Phi) is 10.5. The minimum atomic E-state index is -4.73. The van der Waals surface area contributed by atoms with Crippen molar-refractivity contribution in [1.29, 1.82) is 0 Å². The van der Waals surface area contributed by atoms with Crippen molar-refractivity contribution in [2.24, 2.45) is 0 Å². The van der Waals surface area contributed by atoms with E-state index in [1.54, 1.807) is 54.5 Å². The zero-order chi connectivity index (χ0) is 37.3. The molecule has 0 atom stereocenters. The van der Waals surface area contributed by atoms with Crippen LogP contribution < -0.4 is 15.5 Å². The van der Waals surface area contributed by atoms with E-state index in [9.17, 15) is 27.6 Å². The first kappa shape index (κ1) is 37.6. The van der Waals surface area contributed by atoms with E-state index >= 15 is 4.39 Å². The number of benzene rings is 2.